The number of carbonyl (C=O) groups excluding carboxylic acids is 2. The molecule has 0 fully saturated rings. The average molecular weight is 320 g/mol. The zero-order chi connectivity index (χ0) is 18.0. The molecule has 0 aromatic carbocycles. The normalized spacial score (nSPS) is 6.96. The summed E-state index contributed by atoms with van der Waals surface area (Å²) in [6, 6.07) is 1.75. The average Bonchev–Trinajstić information content (AvgIpc) is 2.45. The van der Waals surface area contributed by atoms with Gasteiger partial charge in [0.1, 0.15) is 0 Å². The number of rotatable bonds is 3. The highest BCUT2D eigenvalue weighted by Gasteiger charge is 2.06. The molecular formula is C17H24N2O4. The van der Waals surface area contributed by atoms with Gasteiger partial charge in [-0.25, -0.2) is 0 Å². The van der Waals surface area contributed by atoms with Crippen LogP contribution in [0.5, 0.6) is 0 Å². The smallest absolute Gasteiger partial charge is 0.324 e. The minimum absolute atomic E-state index is 0. The standard InChI is InChI=1S/C9H10O2.C5H7NO2.C2H3N.CH4/c1-4-5-6-7-11-9(10)8(2)3;1-4(2)5(7)8-3-6;1-2-3;/h1,8H,7H2,2-3H3;4H,1-2H3;1H3;1H4. The fourth-order valence-corrected chi connectivity index (χ4v) is 0.524. The first kappa shape index (κ1) is 28.2. The molecule has 0 radical (unpaired) electrons. The molecule has 0 rings (SSSR count). The van der Waals surface area contributed by atoms with Crippen molar-refractivity contribution < 1.29 is 19.1 Å². The molecule has 0 aliphatic heterocycles. The molecule has 0 heterocycles. The van der Waals surface area contributed by atoms with E-state index in [-0.39, 0.29) is 31.8 Å². The highest BCUT2D eigenvalue weighted by atomic mass is 16.5. The third-order valence-corrected chi connectivity index (χ3v) is 1.54. The number of hydrogen-bond donors (Lipinski definition) is 0. The van der Waals surface area contributed by atoms with Crippen molar-refractivity contribution in [1.82, 2.24) is 0 Å². The van der Waals surface area contributed by atoms with Crippen LogP contribution in [0.15, 0.2) is 0 Å². The molecular weight excluding hydrogens is 296 g/mol. The summed E-state index contributed by atoms with van der Waals surface area (Å²) in [5.41, 5.74) is 0. The highest BCUT2D eigenvalue weighted by molar-refractivity contribution is 5.72. The van der Waals surface area contributed by atoms with E-state index in [1.54, 1.807) is 33.8 Å². The van der Waals surface area contributed by atoms with Crippen LogP contribution in [0.3, 0.4) is 0 Å². The second-order valence-electron chi connectivity index (χ2n) is 4.10. The third kappa shape index (κ3) is 28.0. The van der Waals surface area contributed by atoms with Crippen LogP contribution < -0.4 is 0 Å². The zero-order valence-electron chi connectivity index (χ0n) is 13.5. The number of terminal acetylenes is 1. The second-order valence-corrected chi connectivity index (χ2v) is 4.10. The first-order valence-corrected chi connectivity index (χ1v) is 6.29. The van der Waals surface area contributed by atoms with E-state index in [1.165, 1.54) is 13.2 Å². The fraction of sp³-hybridized carbons (Fsp3) is 0.529. The summed E-state index contributed by atoms with van der Waals surface area (Å²) in [7, 11) is 0. The van der Waals surface area contributed by atoms with Gasteiger partial charge in [0.05, 0.1) is 17.9 Å². The SMILES string of the molecule is C.C#CC#CCOC(=O)C(C)C.CC#N.CC(C)C(=O)OC#N. The summed E-state index contributed by atoms with van der Waals surface area (Å²) in [4.78, 5) is 21.1. The van der Waals surface area contributed by atoms with Gasteiger partial charge in [-0.3, -0.25) is 9.59 Å². The van der Waals surface area contributed by atoms with Crippen molar-refractivity contribution >= 4 is 11.9 Å². The summed E-state index contributed by atoms with van der Waals surface area (Å²) in [6.07, 6.45) is 6.14. The van der Waals surface area contributed by atoms with Crippen LogP contribution in [0.1, 0.15) is 42.0 Å². The van der Waals surface area contributed by atoms with Crippen molar-refractivity contribution in [3.05, 3.63) is 0 Å². The highest BCUT2D eigenvalue weighted by Crippen LogP contribution is 1.94. The maximum atomic E-state index is 10.8. The van der Waals surface area contributed by atoms with Gasteiger partial charge in [0, 0.05) is 6.92 Å². The second kappa shape index (κ2) is 21.3. The Morgan fingerprint density at radius 3 is 1.78 bits per heavy atom. The molecule has 0 N–H and O–H groups in total. The molecule has 0 aliphatic rings. The monoisotopic (exact) mass is 320 g/mol. The molecule has 6 nitrogen and oxygen atoms in total. The molecule has 0 spiro atoms. The van der Waals surface area contributed by atoms with Gasteiger partial charge < -0.3 is 9.47 Å². The topological polar surface area (TPSA) is 100 Å². The lowest BCUT2D eigenvalue weighted by molar-refractivity contribution is -0.145. The Hall–Kier alpha value is -2.96. The molecule has 6 heteroatoms. The first-order chi connectivity index (χ1) is 10.3. The lowest BCUT2D eigenvalue weighted by atomic mass is 10.2. The molecule has 0 amide bonds. The van der Waals surface area contributed by atoms with Gasteiger partial charge in [-0.05, 0) is 17.8 Å². The van der Waals surface area contributed by atoms with Crippen molar-refractivity contribution in [3.63, 3.8) is 0 Å². The maximum Gasteiger partial charge on any atom is 0.324 e. The molecule has 23 heavy (non-hydrogen) atoms. The molecule has 0 aromatic heterocycles. The lowest BCUT2D eigenvalue weighted by Crippen LogP contribution is -2.11. The largest absolute Gasteiger partial charge is 0.452 e. The molecule has 0 atom stereocenters. The predicted molar refractivity (Wildman–Crippen MR) is 87.0 cm³/mol. The summed E-state index contributed by atoms with van der Waals surface area (Å²) >= 11 is 0. The van der Waals surface area contributed by atoms with Gasteiger partial charge in [-0.1, -0.05) is 35.1 Å². The lowest BCUT2D eigenvalue weighted by Gasteiger charge is -2.01. The van der Waals surface area contributed by atoms with Gasteiger partial charge in [0.15, 0.2) is 6.61 Å². The third-order valence-electron chi connectivity index (χ3n) is 1.54. The Bertz CT molecular complexity index is 506. The van der Waals surface area contributed by atoms with Crippen LogP contribution in [-0.4, -0.2) is 18.5 Å². The zero-order valence-corrected chi connectivity index (χ0v) is 13.5. The van der Waals surface area contributed by atoms with E-state index in [0.717, 1.165) is 0 Å². The van der Waals surface area contributed by atoms with Crippen molar-refractivity contribution in [2.24, 2.45) is 11.8 Å². The molecule has 0 bridgehead atoms. The van der Waals surface area contributed by atoms with Crippen LogP contribution in [0.25, 0.3) is 0 Å². The van der Waals surface area contributed by atoms with Crippen LogP contribution in [0.2, 0.25) is 0 Å². The fourth-order valence-electron chi connectivity index (χ4n) is 0.524. The van der Waals surface area contributed by atoms with Crippen LogP contribution in [0, 0.1) is 58.9 Å². The van der Waals surface area contributed by atoms with E-state index in [2.05, 4.69) is 22.5 Å². The number of esters is 2. The van der Waals surface area contributed by atoms with Gasteiger partial charge in [-0.15, -0.1) is 11.7 Å². The predicted octanol–water partition coefficient (Wildman–Crippen LogP) is 2.65. The number of nitrogens with zero attached hydrogens (tertiary/aromatic N) is 2. The van der Waals surface area contributed by atoms with E-state index >= 15 is 0 Å². The summed E-state index contributed by atoms with van der Waals surface area (Å²) in [6.45, 7) is 8.37. The number of hydrogen-bond acceptors (Lipinski definition) is 6. The summed E-state index contributed by atoms with van der Waals surface area (Å²) in [5, 5.41) is 15.1. The van der Waals surface area contributed by atoms with E-state index in [4.69, 9.17) is 21.7 Å². The van der Waals surface area contributed by atoms with Gasteiger partial charge in [0.2, 0.25) is 0 Å². The van der Waals surface area contributed by atoms with Crippen molar-refractivity contribution in [2.45, 2.75) is 42.0 Å². The molecule has 0 aromatic rings. The summed E-state index contributed by atoms with van der Waals surface area (Å²) in [5.74, 6) is 5.90. The number of carbonyl (C=O) groups is 2. The van der Waals surface area contributed by atoms with E-state index in [1.807, 2.05) is 0 Å². The van der Waals surface area contributed by atoms with Gasteiger partial charge in [-0.2, -0.15) is 5.26 Å². The minimum Gasteiger partial charge on any atom is -0.452 e. The summed E-state index contributed by atoms with van der Waals surface area (Å²) < 4.78 is 8.67. The van der Waals surface area contributed by atoms with E-state index < -0.39 is 5.97 Å². The molecule has 0 aliphatic carbocycles. The maximum absolute atomic E-state index is 10.8. The number of nitriles is 2. The van der Waals surface area contributed by atoms with Crippen molar-refractivity contribution in [3.8, 4) is 36.5 Å². The minimum atomic E-state index is -0.479. The van der Waals surface area contributed by atoms with Crippen molar-refractivity contribution in [2.75, 3.05) is 6.61 Å². The van der Waals surface area contributed by atoms with Gasteiger partial charge in [0.25, 0.3) is 6.26 Å². The Labute approximate surface area is 139 Å². The Morgan fingerprint density at radius 2 is 1.52 bits per heavy atom. The van der Waals surface area contributed by atoms with Crippen LogP contribution in [-0.2, 0) is 19.1 Å². The number of ether oxygens (including phenoxy) is 2. The molecule has 0 unspecified atom stereocenters. The van der Waals surface area contributed by atoms with Crippen molar-refractivity contribution in [1.29, 1.82) is 10.5 Å². The molecule has 0 saturated carbocycles. The van der Waals surface area contributed by atoms with Crippen LogP contribution in [0.4, 0.5) is 0 Å². The Kier molecular flexibility index (Phi) is 26.2. The Balaban J connectivity index is -0.000000133. The van der Waals surface area contributed by atoms with E-state index in [0.29, 0.717) is 0 Å². The first-order valence-electron chi connectivity index (χ1n) is 6.29. The van der Waals surface area contributed by atoms with E-state index in [9.17, 15) is 9.59 Å². The van der Waals surface area contributed by atoms with Gasteiger partial charge >= 0.3 is 11.9 Å². The quantitative estimate of drug-likeness (QED) is 0.450. The Morgan fingerprint density at radius 1 is 1.09 bits per heavy atom. The molecule has 0 saturated heterocycles. The van der Waals surface area contributed by atoms with Crippen LogP contribution >= 0.6 is 0 Å². The molecule has 126 valence electrons.